The third kappa shape index (κ3) is 3.18. The summed E-state index contributed by atoms with van der Waals surface area (Å²) < 4.78 is 0.887. The van der Waals surface area contributed by atoms with E-state index in [-0.39, 0.29) is 0 Å². The van der Waals surface area contributed by atoms with Crippen molar-refractivity contribution in [2.75, 3.05) is 18.4 Å². The van der Waals surface area contributed by atoms with Gasteiger partial charge in [0.05, 0.1) is 0 Å². The van der Waals surface area contributed by atoms with Gasteiger partial charge in [-0.1, -0.05) is 0 Å². The van der Waals surface area contributed by atoms with Gasteiger partial charge in [-0.2, -0.15) is 0 Å². The van der Waals surface area contributed by atoms with Crippen molar-refractivity contribution < 1.29 is 0 Å². The summed E-state index contributed by atoms with van der Waals surface area (Å²) in [5.41, 5.74) is 5.33. The second kappa shape index (κ2) is 4.69. The topological polar surface area (TPSA) is 50.9 Å². The highest BCUT2D eigenvalue weighted by Crippen LogP contribution is 2.18. The molecule has 0 aliphatic carbocycles. The van der Waals surface area contributed by atoms with Crippen LogP contribution < -0.4 is 11.1 Å². The van der Waals surface area contributed by atoms with Crippen LogP contribution in [0.3, 0.4) is 0 Å². The van der Waals surface area contributed by atoms with Gasteiger partial charge in [-0.05, 0) is 28.9 Å². The van der Waals surface area contributed by atoms with Gasteiger partial charge in [0.1, 0.15) is 4.60 Å². The van der Waals surface area contributed by atoms with E-state index in [1.807, 2.05) is 5.38 Å². The first kappa shape index (κ1) is 8.96. The predicted octanol–water partition coefficient (Wildman–Crippen LogP) is 1.67. The van der Waals surface area contributed by atoms with E-state index in [9.17, 15) is 0 Å². The SMILES string of the molecule is NCCCNc1nc(Br)cs1. The van der Waals surface area contributed by atoms with Crippen LogP contribution in [-0.4, -0.2) is 18.1 Å². The Hall–Kier alpha value is -0.130. The zero-order valence-electron chi connectivity index (χ0n) is 6.01. The summed E-state index contributed by atoms with van der Waals surface area (Å²) in [7, 11) is 0. The molecular weight excluding hydrogens is 226 g/mol. The molecule has 0 fully saturated rings. The molecule has 0 bridgehead atoms. The van der Waals surface area contributed by atoms with Crippen molar-refractivity contribution in [2.24, 2.45) is 5.73 Å². The molecule has 0 saturated heterocycles. The smallest absolute Gasteiger partial charge is 0.183 e. The fourth-order valence-electron chi connectivity index (χ4n) is 0.633. The second-order valence-corrected chi connectivity index (χ2v) is 3.71. The molecule has 1 aromatic rings. The van der Waals surface area contributed by atoms with E-state index in [1.165, 1.54) is 0 Å². The van der Waals surface area contributed by atoms with Crippen molar-refractivity contribution in [3.05, 3.63) is 9.98 Å². The van der Waals surface area contributed by atoms with E-state index in [0.717, 1.165) is 29.2 Å². The first-order valence-corrected chi connectivity index (χ1v) is 5.05. The van der Waals surface area contributed by atoms with E-state index in [0.29, 0.717) is 0 Å². The maximum Gasteiger partial charge on any atom is 0.183 e. The van der Waals surface area contributed by atoms with Crippen LogP contribution in [0, 0.1) is 0 Å². The minimum Gasteiger partial charge on any atom is -0.361 e. The van der Waals surface area contributed by atoms with Gasteiger partial charge >= 0.3 is 0 Å². The quantitative estimate of drug-likeness (QED) is 0.782. The van der Waals surface area contributed by atoms with Gasteiger partial charge in [-0.15, -0.1) is 11.3 Å². The lowest BCUT2D eigenvalue weighted by atomic mass is 10.4. The summed E-state index contributed by atoms with van der Waals surface area (Å²) in [5.74, 6) is 0. The third-order valence-corrected chi connectivity index (χ3v) is 2.64. The minimum atomic E-state index is 0.722. The van der Waals surface area contributed by atoms with Gasteiger partial charge < -0.3 is 11.1 Å². The van der Waals surface area contributed by atoms with Crippen LogP contribution in [0.25, 0.3) is 0 Å². The summed E-state index contributed by atoms with van der Waals surface area (Å²) in [6.45, 7) is 1.62. The number of nitrogens with one attached hydrogen (secondary N) is 1. The van der Waals surface area contributed by atoms with Crippen molar-refractivity contribution in [1.29, 1.82) is 0 Å². The molecule has 1 rings (SSSR count). The molecule has 0 aromatic carbocycles. The summed E-state index contributed by atoms with van der Waals surface area (Å²) in [5, 5.41) is 6.06. The number of thiazole rings is 1. The van der Waals surface area contributed by atoms with Crippen molar-refractivity contribution in [1.82, 2.24) is 4.98 Å². The summed E-state index contributed by atoms with van der Waals surface area (Å²) in [6.07, 6.45) is 0.983. The van der Waals surface area contributed by atoms with Crippen LogP contribution in [0.1, 0.15) is 6.42 Å². The standard InChI is InChI=1S/C6H10BrN3S/c7-5-4-11-6(10-5)9-3-1-2-8/h4H,1-3,8H2,(H,9,10). The first-order valence-electron chi connectivity index (χ1n) is 3.38. The van der Waals surface area contributed by atoms with Crippen LogP contribution in [0.2, 0.25) is 0 Å². The Balaban J connectivity index is 2.27. The number of halogens is 1. The Morgan fingerprint density at radius 3 is 3.09 bits per heavy atom. The van der Waals surface area contributed by atoms with Crippen LogP contribution >= 0.6 is 27.3 Å². The van der Waals surface area contributed by atoms with E-state index in [2.05, 4.69) is 26.2 Å². The molecule has 0 aliphatic rings. The van der Waals surface area contributed by atoms with Crippen molar-refractivity contribution >= 4 is 32.4 Å². The molecule has 1 heterocycles. The molecule has 3 N–H and O–H groups in total. The van der Waals surface area contributed by atoms with Crippen LogP contribution in [-0.2, 0) is 0 Å². The Morgan fingerprint density at radius 1 is 1.73 bits per heavy atom. The molecule has 0 spiro atoms. The van der Waals surface area contributed by atoms with E-state index < -0.39 is 0 Å². The fraction of sp³-hybridized carbons (Fsp3) is 0.500. The lowest BCUT2D eigenvalue weighted by Gasteiger charge is -1.98. The van der Waals surface area contributed by atoms with Gasteiger partial charge in [0.25, 0.3) is 0 Å². The molecule has 62 valence electrons. The van der Waals surface area contributed by atoms with Crippen LogP contribution in [0.5, 0.6) is 0 Å². The summed E-state index contributed by atoms with van der Waals surface area (Å²) in [6, 6.07) is 0. The number of nitrogens with zero attached hydrogens (tertiary/aromatic N) is 1. The largest absolute Gasteiger partial charge is 0.361 e. The van der Waals surface area contributed by atoms with Gasteiger partial charge in [0, 0.05) is 11.9 Å². The molecule has 0 atom stereocenters. The summed E-state index contributed by atoms with van der Waals surface area (Å²) in [4.78, 5) is 4.17. The number of rotatable bonds is 4. The van der Waals surface area contributed by atoms with Crippen LogP contribution in [0.4, 0.5) is 5.13 Å². The molecule has 3 nitrogen and oxygen atoms in total. The summed E-state index contributed by atoms with van der Waals surface area (Å²) >= 11 is 4.87. The Bertz CT molecular complexity index is 213. The van der Waals surface area contributed by atoms with E-state index in [1.54, 1.807) is 11.3 Å². The molecule has 0 saturated carbocycles. The van der Waals surface area contributed by atoms with Crippen molar-refractivity contribution in [3.63, 3.8) is 0 Å². The Labute approximate surface area is 78.1 Å². The molecular formula is C6H10BrN3S. The Kier molecular flexibility index (Phi) is 3.82. The van der Waals surface area contributed by atoms with Gasteiger partial charge in [0.2, 0.25) is 0 Å². The van der Waals surface area contributed by atoms with Gasteiger partial charge in [-0.3, -0.25) is 0 Å². The lowest BCUT2D eigenvalue weighted by Crippen LogP contribution is -2.07. The lowest BCUT2D eigenvalue weighted by molar-refractivity contribution is 0.873. The Morgan fingerprint density at radius 2 is 2.55 bits per heavy atom. The molecule has 0 radical (unpaired) electrons. The van der Waals surface area contributed by atoms with Crippen LogP contribution in [0.15, 0.2) is 9.98 Å². The normalized spacial score (nSPS) is 10.0. The maximum atomic E-state index is 5.33. The monoisotopic (exact) mass is 235 g/mol. The fourth-order valence-corrected chi connectivity index (χ4v) is 1.81. The molecule has 11 heavy (non-hydrogen) atoms. The number of nitrogens with two attached hydrogens (primary N) is 1. The highest BCUT2D eigenvalue weighted by molar-refractivity contribution is 9.10. The number of hydrogen-bond donors (Lipinski definition) is 2. The van der Waals surface area contributed by atoms with E-state index >= 15 is 0 Å². The molecule has 0 amide bonds. The highest BCUT2D eigenvalue weighted by atomic mass is 79.9. The molecule has 1 aromatic heterocycles. The van der Waals surface area contributed by atoms with Gasteiger partial charge in [-0.25, -0.2) is 4.98 Å². The third-order valence-electron chi connectivity index (χ3n) is 1.13. The number of hydrogen-bond acceptors (Lipinski definition) is 4. The molecule has 0 unspecified atom stereocenters. The predicted molar refractivity (Wildman–Crippen MR) is 52.0 cm³/mol. The first-order chi connectivity index (χ1) is 5.33. The van der Waals surface area contributed by atoms with Crippen molar-refractivity contribution in [3.8, 4) is 0 Å². The number of aromatic nitrogens is 1. The number of anilines is 1. The zero-order valence-corrected chi connectivity index (χ0v) is 8.41. The zero-order chi connectivity index (χ0) is 8.10. The maximum absolute atomic E-state index is 5.33. The van der Waals surface area contributed by atoms with Gasteiger partial charge in [0.15, 0.2) is 5.13 Å². The van der Waals surface area contributed by atoms with Crippen molar-refractivity contribution in [2.45, 2.75) is 6.42 Å². The average molecular weight is 236 g/mol. The molecule has 5 heteroatoms. The molecule has 0 aliphatic heterocycles. The second-order valence-electron chi connectivity index (χ2n) is 2.04. The van der Waals surface area contributed by atoms with E-state index in [4.69, 9.17) is 5.73 Å². The highest BCUT2D eigenvalue weighted by Gasteiger charge is 1.95. The average Bonchev–Trinajstić information content (AvgIpc) is 2.37. The minimum absolute atomic E-state index is 0.722.